The van der Waals surface area contributed by atoms with Gasteiger partial charge in [0.25, 0.3) is 11.7 Å². The van der Waals surface area contributed by atoms with Crippen molar-refractivity contribution in [1.82, 2.24) is 0 Å². The van der Waals surface area contributed by atoms with Crippen molar-refractivity contribution in [2.45, 2.75) is 6.04 Å². The summed E-state index contributed by atoms with van der Waals surface area (Å²) in [5, 5.41) is 10.9. The standard InChI is InChI=1S/C24H18FNO4/c1-30-19-9-5-8-18(14-19)26-21(15-10-12-17(25)13-11-15)20(23(28)24(26)29)22(27)16-6-3-2-4-7-16/h2-14,21,27H,1H3/b22-20-. The van der Waals surface area contributed by atoms with E-state index in [1.807, 2.05) is 0 Å². The van der Waals surface area contributed by atoms with Crippen molar-refractivity contribution < 1.29 is 23.8 Å². The number of benzene rings is 3. The molecular formula is C24H18FNO4. The van der Waals surface area contributed by atoms with E-state index in [0.717, 1.165) is 0 Å². The van der Waals surface area contributed by atoms with Gasteiger partial charge in [0, 0.05) is 17.3 Å². The van der Waals surface area contributed by atoms with Crippen LogP contribution in [0.3, 0.4) is 0 Å². The van der Waals surface area contributed by atoms with Crippen molar-refractivity contribution in [3.05, 3.63) is 101 Å². The molecule has 0 bridgehead atoms. The molecule has 1 amide bonds. The number of anilines is 1. The van der Waals surface area contributed by atoms with Crippen LogP contribution in [0.1, 0.15) is 17.2 Å². The first-order valence-corrected chi connectivity index (χ1v) is 9.27. The Hall–Kier alpha value is -3.93. The Morgan fingerprint density at radius 2 is 1.67 bits per heavy atom. The number of carbonyl (C=O) groups is 2. The van der Waals surface area contributed by atoms with Gasteiger partial charge in [-0.05, 0) is 29.8 Å². The summed E-state index contributed by atoms with van der Waals surface area (Å²) in [4.78, 5) is 27.3. The van der Waals surface area contributed by atoms with Crippen molar-refractivity contribution in [1.29, 1.82) is 0 Å². The van der Waals surface area contributed by atoms with Crippen LogP contribution in [0.25, 0.3) is 5.76 Å². The molecule has 0 aromatic heterocycles. The lowest BCUT2D eigenvalue weighted by Gasteiger charge is -2.25. The Balaban J connectivity index is 1.94. The number of amides is 1. The van der Waals surface area contributed by atoms with Gasteiger partial charge in [-0.25, -0.2) is 4.39 Å². The maximum absolute atomic E-state index is 13.5. The van der Waals surface area contributed by atoms with Gasteiger partial charge in [0.15, 0.2) is 0 Å². The van der Waals surface area contributed by atoms with Crippen LogP contribution in [0, 0.1) is 5.82 Å². The average Bonchev–Trinajstić information content (AvgIpc) is 3.05. The van der Waals surface area contributed by atoms with Crippen molar-refractivity contribution >= 4 is 23.1 Å². The predicted molar refractivity (Wildman–Crippen MR) is 111 cm³/mol. The fraction of sp³-hybridized carbons (Fsp3) is 0.0833. The Kier molecular flexibility index (Phi) is 5.06. The van der Waals surface area contributed by atoms with Crippen LogP contribution >= 0.6 is 0 Å². The van der Waals surface area contributed by atoms with E-state index < -0.39 is 23.5 Å². The second kappa shape index (κ2) is 7.83. The molecule has 150 valence electrons. The van der Waals surface area contributed by atoms with Crippen LogP contribution in [-0.2, 0) is 9.59 Å². The number of carbonyl (C=O) groups excluding carboxylic acids is 2. The number of ether oxygens (including phenoxy) is 1. The van der Waals surface area contributed by atoms with Crippen LogP contribution in [0.4, 0.5) is 10.1 Å². The molecule has 1 N–H and O–H groups in total. The Morgan fingerprint density at radius 1 is 0.967 bits per heavy atom. The largest absolute Gasteiger partial charge is 0.507 e. The summed E-state index contributed by atoms with van der Waals surface area (Å²) in [6.45, 7) is 0. The third-order valence-corrected chi connectivity index (χ3v) is 5.01. The van der Waals surface area contributed by atoms with Crippen LogP contribution in [0.2, 0.25) is 0 Å². The van der Waals surface area contributed by atoms with E-state index in [4.69, 9.17) is 4.74 Å². The molecule has 0 radical (unpaired) electrons. The maximum atomic E-state index is 13.5. The lowest BCUT2D eigenvalue weighted by Crippen LogP contribution is -2.29. The minimum atomic E-state index is -0.919. The monoisotopic (exact) mass is 403 g/mol. The first-order valence-electron chi connectivity index (χ1n) is 9.27. The highest BCUT2D eigenvalue weighted by atomic mass is 19.1. The summed E-state index contributed by atoms with van der Waals surface area (Å²) in [6.07, 6.45) is 0. The molecule has 3 aromatic rings. The average molecular weight is 403 g/mol. The van der Waals surface area contributed by atoms with E-state index in [1.165, 1.54) is 36.3 Å². The molecule has 0 aliphatic carbocycles. The quantitative estimate of drug-likeness (QED) is 0.397. The number of aliphatic hydroxyl groups excluding tert-OH is 1. The second-order valence-electron chi connectivity index (χ2n) is 6.79. The molecule has 1 aliphatic heterocycles. The zero-order valence-corrected chi connectivity index (χ0v) is 16.1. The van der Waals surface area contributed by atoms with Crippen molar-refractivity contribution in [2.24, 2.45) is 0 Å². The first-order chi connectivity index (χ1) is 14.5. The van der Waals surface area contributed by atoms with Crippen LogP contribution in [0.5, 0.6) is 5.75 Å². The minimum absolute atomic E-state index is 0.0550. The molecular weight excluding hydrogens is 385 g/mol. The molecule has 1 atom stereocenters. The van der Waals surface area contributed by atoms with Gasteiger partial charge in [0.05, 0.1) is 18.7 Å². The van der Waals surface area contributed by atoms with Gasteiger partial charge in [0.2, 0.25) is 0 Å². The van der Waals surface area contributed by atoms with Crippen molar-refractivity contribution in [3.8, 4) is 5.75 Å². The molecule has 1 heterocycles. The number of ketones is 1. The highest BCUT2D eigenvalue weighted by Crippen LogP contribution is 2.42. The Bertz CT molecular complexity index is 1140. The smallest absolute Gasteiger partial charge is 0.300 e. The summed E-state index contributed by atoms with van der Waals surface area (Å²) in [7, 11) is 1.50. The van der Waals surface area contributed by atoms with Gasteiger partial charge in [-0.1, -0.05) is 48.5 Å². The van der Waals surface area contributed by atoms with Gasteiger partial charge in [-0.3, -0.25) is 14.5 Å². The SMILES string of the molecule is COc1cccc(N2C(=O)C(=O)/C(=C(\O)c3ccccc3)C2c2ccc(F)cc2)c1. The molecule has 6 heteroatoms. The van der Waals surface area contributed by atoms with E-state index in [2.05, 4.69) is 0 Å². The second-order valence-corrected chi connectivity index (χ2v) is 6.79. The zero-order chi connectivity index (χ0) is 21.3. The number of methoxy groups -OCH3 is 1. The normalized spacial score (nSPS) is 17.9. The molecule has 1 unspecified atom stereocenters. The summed E-state index contributed by atoms with van der Waals surface area (Å²) in [5.41, 5.74) is 1.28. The Morgan fingerprint density at radius 3 is 2.33 bits per heavy atom. The molecule has 1 aliphatic rings. The first kappa shape index (κ1) is 19.4. The van der Waals surface area contributed by atoms with E-state index in [1.54, 1.807) is 54.6 Å². The van der Waals surface area contributed by atoms with Gasteiger partial charge < -0.3 is 9.84 Å². The van der Waals surface area contributed by atoms with Crippen LogP contribution < -0.4 is 9.64 Å². The number of hydrogen-bond donors (Lipinski definition) is 1. The number of halogens is 1. The van der Waals surface area contributed by atoms with Crippen molar-refractivity contribution in [2.75, 3.05) is 12.0 Å². The molecule has 1 saturated heterocycles. The summed E-state index contributed by atoms with van der Waals surface area (Å²) in [6, 6.07) is 19.8. The van der Waals surface area contributed by atoms with E-state index in [9.17, 15) is 19.1 Å². The maximum Gasteiger partial charge on any atom is 0.300 e. The summed E-state index contributed by atoms with van der Waals surface area (Å²) in [5.74, 6) is -1.81. The van der Waals surface area contributed by atoms with Crippen LogP contribution in [0.15, 0.2) is 84.4 Å². The lowest BCUT2D eigenvalue weighted by atomic mass is 9.95. The number of hydrogen-bond acceptors (Lipinski definition) is 4. The number of aliphatic hydroxyl groups is 1. The van der Waals surface area contributed by atoms with E-state index >= 15 is 0 Å². The third-order valence-electron chi connectivity index (χ3n) is 5.01. The highest BCUT2D eigenvalue weighted by molar-refractivity contribution is 6.51. The third kappa shape index (κ3) is 3.33. The number of nitrogens with zero attached hydrogens (tertiary/aromatic N) is 1. The van der Waals surface area contributed by atoms with Gasteiger partial charge in [-0.15, -0.1) is 0 Å². The number of rotatable bonds is 4. The number of Topliss-reactive ketones (excluding diaryl/α,β-unsaturated/α-hetero) is 1. The highest BCUT2D eigenvalue weighted by Gasteiger charge is 2.47. The molecule has 30 heavy (non-hydrogen) atoms. The Labute approximate surface area is 172 Å². The fourth-order valence-corrected chi connectivity index (χ4v) is 3.57. The van der Waals surface area contributed by atoms with Crippen LogP contribution in [-0.4, -0.2) is 23.9 Å². The summed E-state index contributed by atoms with van der Waals surface area (Å²) < 4.78 is 18.8. The van der Waals surface area contributed by atoms with E-state index in [0.29, 0.717) is 22.6 Å². The molecule has 0 saturated carbocycles. The molecule has 1 fully saturated rings. The van der Waals surface area contributed by atoms with Gasteiger partial charge in [0.1, 0.15) is 17.3 Å². The fourth-order valence-electron chi connectivity index (χ4n) is 3.57. The summed E-state index contributed by atoms with van der Waals surface area (Å²) >= 11 is 0. The van der Waals surface area contributed by atoms with Gasteiger partial charge in [-0.2, -0.15) is 0 Å². The predicted octanol–water partition coefficient (Wildman–Crippen LogP) is 4.46. The van der Waals surface area contributed by atoms with E-state index in [-0.39, 0.29) is 11.3 Å². The minimum Gasteiger partial charge on any atom is -0.507 e. The van der Waals surface area contributed by atoms with Crippen molar-refractivity contribution in [3.63, 3.8) is 0 Å². The lowest BCUT2D eigenvalue weighted by molar-refractivity contribution is -0.132. The molecule has 0 spiro atoms. The topological polar surface area (TPSA) is 66.8 Å². The van der Waals surface area contributed by atoms with Gasteiger partial charge >= 0.3 is 0 Å². The molecule has 5 nitrogen and oxygen atoms in total. The zero-order valence-electron chi connectivity index (χ0n) is 16.1. The molecule has 3 aromatic carbocycles. The molecule has 4 rings (SSSR count).